The summed E-state index contributed by atoms with van der Waals surface area (Å²) in [4.78, 5) is 51.4. The lowest BCUT2D eigenvalue weighted by Crippen LogP contribution is -2.58. The summed E-state index contributed by atoms with van der Waals surface area (Å²) in [7, 11) is 0. The fourth-order valence-electron chi connectivity index (χ4n) is 4.34. The lowest BCUT2D eigenvalue weighted by molar-refractivity contribution is -0.142. The van der Waals surface area contributed by atoms with E-state index in [0.29, 0.717) is 12.2 Å². The van der Waals surface area contributed by atoms with Crippen molar-refractivity contribution in [3.63, 3.8) is 0 Å². The lowest BCUT2D eigenvalue weighted by atomic mass is 10.0. The highest BCUT2D eigenvalue weighted by molar-refractivity contribution is 7.98. The first-order chi connectivity index (χ1) is 18.4. The number of hydrogen-bond donors (Lipinski definition) is 5. The second-order valence-electron chi connectivity index (χ2n) is 9.33. The van der Waals surface area contributed by atoms with Crippen LogP contribution in [0.4, 0.5) is 0 Å². The number of carbonyl (C=O) groups is 4. The molecule has 0 aliphatic carbocycles. The molecule has 1 aliphatic heterocycles. The van der Waals surface area contributed by atoms with Crippen molar-refractivity contribution in [1.29, 1.82) is 0 Å². The number of rotatable bonds is 14. The van der Waals surface area contributed by atoms with Crippen LogP contribution in [0.5, 0.6) is 0 Å². The number of benzene rings is 2. The molecule has 38 heavy (non-hydrogen) atoms. The average molecular weight is 541 g/mol. The van der Waals surface area contributed by atoms with E-state index in [-0.39, 0.29) is 31.2 Å². The van der Waals surface area contributed by atoms with Gasteiger partial charge in [0.05, 0.1) is 6.04 Å². The molecule has 1 aliphatic rings. The van der Waals surface area contributed by atoms with E-state index in [1.165, 1.54) is 11.8 Å². The highest BCUT2D eigenvalue weighted by atomic mass is 32.2. The Morgan fingerprint density at radius 3 is 1.87 bits per heavy atom. The molecule has 1 saturated heterocycles. The van der Waals surface area contributed by atoms with Crippen molar-refractivity contribution in [2.45, 2.75) is 56.3 Å². The lowest BCUT2D eigenvalue weighted by Gasteiger charge is -2.25. The van der Waals surface area contributed by atoms with Crippen molar-refractivity contribution in [2.75, 3.05) is 18.6 Å². The first kappa shape index (κ1) is 29.2. The van der Waals surface area contributed by atoms with Gasteiger partial charge in [0.15, 0.2) is 0 Å². The van der Waals surface area contributed by atoms with E-state index < -0.39 is 35.9 Å². The Labute approximate surface area is 227 Å². The van der Waals surface area contributed by atoms with E-state index in [1.54, 1.807) is 0 Å². The SMILES string of the molecule is CSCCC(NC(=O)C(Cc1ccccc1)NC(=O)C(Cc1ccccc1)NC(=O)C1CCCN1)C(=O)O. The molecule has 0 saturated carbocycles. The summed E-state index contributed by atoms with van der Waals surface area (Å²) in [6.45, 7) is 0.744. The molecule has 204 valence electrons. The number of carbonyl (C=O) groups excluding carboxylic acids is 3. The predicted octanol–water partition coefficient (Wildman–Crippen LogP) is 1.52. The summed E-state index contributed by atoms with van der Waals surface area (Å²) in [5, 5.41) is 21.0. The van der Waals surface area contributed by atoms with Crippen LogP contribution >= 0.6 is 11.8 Å². The van der Waals surface area contributed by atoms with Gasteiger partial charge in [-0.3, -0.25) is 14.4 Å². The van der Waals surface area contributed by atoms with Gasteiger partial charge in [-0.15, -0.1) is 0 Å². The summed E-state index contributed by atoms with van der Waals surface area (Å²) in [6, 6.07) is 15.1. The van der Waals surface area contributed by atoms with Gasteiger partial charge < -0.3 is 26.4 Å². The highest BCUT2D eigenvalue weighted by Crippen LogP contribution is 2.10. The Hall–Kier alpha value is -3.37. The number of hydrogen-bond acceptors (Lipinski definition) is 6. The number of carboxylic acids is 1. The Balaban J connectivity index is 1.79. The summed E-state index contributed by atoms with van der Waals surface area (Å²) in [5.41, 5.74) is 1.67. The molecule has 10 heteroatoms. The van der Waals surface area contributed by atoms with Gasteiger partial charge in [0.2, 0.25) is 17.7 Å². The van der Waals surface area contributed by atoms with Crippen LogP contribution in [-0.4, -0.2) is 71.5 Å². The molecule has 3 amide bonds. The maximum absolute atomic E-state index is 13.5. The minimum absolute atomic E-state index is 0.170. The molecule has 2 aromatic carbocycles. The number of aliphatic carboxylic acids is 1. The van der Waals surface area contributed by atoms with Crippen LogP contribution in [0, 0.1) is 0 Å². The van der Waals surface area contributed by atoms with Gasteiger partial charge in [0.25, 0.3) is 0 Å². The number of thioether (sulfide) groups is 1. The molecule has 9 nitrogen and oxygen atoms in total. The molecule has 0 bridgehead atoms. The Bertz CT molecular complexity index is 1060. The summed E-state index contributed by atoms with van der Waals surface area (Å²) < 4.78 is 0. The van der Waals surface area contributed by atoms with Crippen molar-refractivity contribution >= 4 is 35.5 Å². The van der Waals surface area contributed by atoms with Crippen LogP contribution in [0.15, 0.2) is 60.7 Å². The van der Waals surface area contributed by atoms with Crippen molar-refractivity contribution in [3.8, 4) is 0 Å². The second-order valence-corrected chi connectivity index (χ2v) is 10.3. The number of carboxylic acid groups (broad SMARTS) is 1. The maximum atomic E-state index is 13.5. The fraction of sp³-hybridized carbons (Fsp3) is 0.429. The molecule has 4 unspecified atom stereocenters. The molecular weight excluding hydrogens is 504 g/mol. The standard InChI is InChI=1S/C28H36N4O5S/c1-38-16-14-22(28(36)37)30-26(34)23(17-19-9-4-2-5-10-19)32-27(35)24(18-20-11-6-3-7-12-20)31-25(33)21-13-8-15-29-21/h2-7,9-12,21-24,29H,8,13-18H2,1H3,(H,30,34)(H,31,33)(H,32,35)(H,36,37). The molecule has 0 spiro atoms. The third-order valence-electron chi connectivity index (χ3n) is 6.43. The Morgan fingerprint density at radius 1 is 0.868 bits per heavy atom. The molecule has 1 fully saturated rings. The molecule has 1 heterocycles. The van der Waals surface area contributed by atoms with E-state index in [4.69, 9.17) is 0 Å². The van der Waals surface area contributed by atoms with Crippen LogP contribution < -0.4 is 21.3 Å². The first-order valence-electron chi connectivity index (χ1n) is 12.8. The third kappa shape index (κ3) is 9.18. The largest absolute Gasteiger partial charge is 0.480 e. The molecule has 4 atom stereocenters. The minimum Gasteiger partial charge on any atom is -0.480 e. The fourth-order valence-corrected chi connectivity index (χ4v) is 4.81. The van der Waals surface area contributed by atoms with Gasteiger partial charge in [-0.25, -0.2) is 4.79 Å². The van der Waals surface area contributed by atoms with Crippen molar-refractivity contribution < 1.29 is 24.3 Å². The van der Waals surface area contributed by atoms with Gasteiger partial charge in [-0.1, -0.05) is 60.7 Å². The summed E-state index contributed by atoms with van der Waals surface area (Å²) in [5.74, 6) is -1.92. The number of nitrogens with one attached hydrogen (secondary N) is 4. The van der Waals surface area contributed by atoms with Crippen molar-refractivity contribution in [3.05, 3.63) is 71.8 Å². The molecule has 0 aromatic heterocycles. The van der Waals surface area contributed by atoms with Crippen LogP contribution in [-0.2, 0) is 32.0 Å². The molecule has 0 radical (unpaired) electrons. The number of amides is 3. The van der Waals surface area contributed by atoms with Gasteiger partial charge in [-0.2, -0.15) is 11.8 Å². The Morgan fingerprint density at radius 2 is 1.39 bits per heavy atom. The maximum Gasteiger partial charge on any atom is 0.326 e. The van der Waals surface area contributed by atoms with Crippen LogP contribution in [0.2, 0.25) is 0 Å². The van der Waals surface area contributed by atoms with Crippen molar-refractivity contribution in [1.82, 2.24) is 21.3 Å². The first-order valence-corrected chi connectivity index (χ1v) is 14.2. The van der Waals surface area contributed by atoms with E-state index in [1.807, 2.05) is 66.9 Å². The quantitative estimate of drug-likeness (QED) is 0.245. The highest BCUT2D eigenvalue weighted by Gasteiger charge is 2.31. The zero-order valence-electron chi connectivity index (χ0n) is 21.5. The normalized spacial score (nSPS) is 17.1. The smallest absolute Gasteiger partial charge is 0.326 e. The molecule has 3 rings (SSSR count). The van der Waals surface area contributed by atoms with E-state index >= 15 is 0 Å². The Kier molecular flexibility index (Phi) is 11.6. The average Bonchev–Trinajstić information content (AvgIpc) is 3.46. The van der Waals surface area contributed by atoms with Gasteiger partial charge >= 0.3 is 5.97 Å². The molecular formula is C28H36N4O5S. The van der Waals surface area contributed by atoms with Crippen LogP contribution in [0.25, 0.3) is 0 Å². The van der Waals surface area contributed by atoms with Crippen LogP contribution in [0.1, 0.15) is 30.4 Å². The van der Waals surface area contributed by atoms with Gasteiger partial charge in [0.1, 0.15) is 18.1 Å². The third-order valence-corrected chi connectivity index (χ3v) is 7.08. The minimum atomic E-state index is -1.13. The zero-order chi connectivity index (χ0) is 27.3. The monoisotopic (exact) mass is 540 g/mol. The summed E-state index contributed by atoms with van der Waals surface area (Å²) in [6.07, 6.45) is 4.11. The predicted molar refractivity (Wildman–Crippen MR) is 148 cm³/mol. The van der Waals surface area contributed by atoms with Gasteiger partial charge in [0, 0.05) is 12.8 Å². The zero-order valence-corrected chi connectivity index (χ0v) is 22.3. The second kappa shape index (κ2) is 15.1. The summed E-state index contributed by atoms with van der Waals surface area (Å²) >= 11 is 1.49. The van der Waals surface area contributed by atoms with Crippen molar-refractivity contribution in [2.24, 2.45) is 0 Å². The molecule has 2 aromatic rings. The molecule has 5 N–H and O–H groups in total. The van der Waals surface area contributed by atoms with E-state index in [9.17, 15) is 24.3 Å². The van der Waals surface area contributed by atoms with Crippen LogP contribution in [0.3, 0.4) is 0 Å². The van der Waals surface area contributed by atoms with Gasteiger partial charge in [-0.05, 0) is 48.9 Å². The topological polar surface area (TPSA) is 137 Å². The van der Waals surface area contributed by atoms with E-state index in [2.05, 4.69) is 21.3 Å². The van der Waals surface area contributed by atoms with E-state index in [0.717, 1.165) is 24.1 Å².